The smallest absolute Gasteiger partial charge is 0.260 e. The molecule has 1 aromatic carbocycles. The number of anilines is 1. The highest BCUT2D eigenvalue weighted by atomic mass is 79.9. The van der Waals surface area contributed by atoms with Gasteiger partial charge in [-0.05, 0) is 57.9 Å². The van der Waals surface area contributed by atoms with Crippen LogP contribution < -0.4 is 10.1 Å². The van der Waals surface area contributed by atoms with E-state index in [2.05, 4.69) is 48.1 Å². The fraction of sp³-hybridized carbons (Fsp3) is 0.421. The minimum Gasteiger partial charge on any atom is -0.452 e. The van der Waals surface area contributed by atoms with Crippen LogP contribution in [-0.2, 0) is 19.3 Å². The monoisotopic (exact) mass is 407 g/mol. The minimum absolute atomic E-state index is 0.0882. The molecule has 3 nitrogen and oxygen atoms in total. The van der Waals surface area contributed by atoms with E-state index in [-0.39, 0.29) is 5.91 Å². The topological polar surface area (TPSA) is 38.3 Å². The molecule has 1 N–H and O–H groups in total. The van der Waals surface area contributed by atoms with Crippen LogP contribution >= 0.6 is 27.3 Å². The number of thiophene rings is 1. The van der Waals surface area contributed by atoms with Crippen LogP contribution in [0.4, 0.5) is 5.69 Å². The van der Waals surface area contributed by atoms with E-state index in [4.69, 9.17) is 4.74 Å². The van der Waals surface area contributed by atoms with E-state index in [1.165, 1.54) is 28.0 Å². The van der Waals surface area contributed by atoms with Gasteiger partial charge in [0.15, 0.2) is 11.5 Å². The molecule has 1 amide bonds. The van der Waals surface area contributed by atoms with E-state index in [1.807, 2.05) is 5.38 Å². The number of rotatable bonds is 5. The lowest BCUT2D eigenvalue weighted by Gasteiger charge is -2.20. The number of carbonyl (C=O) groups excluding carboxylic acids is 1. The molecule has 0 atom stereocenters. The van der Waals surface area contributed by atoms with Gasteiger partial charge in [-0.25, -0.2) is 0 Å². The molecular weight excluding hydrogens is 386 g/mol. The molecule has 2 heterocycles. The molecule has 0 bridgehead atoms. The van der Waals surface area contributed by atoms with Crippen LogP contribution in [0.2, 0.25) is 0 Å². The number of benzene rings is 1. The number of ether oxygens (including phenoxy) is 1. The number of fused-ring (bicyclic) bond motifs is 2. The number of nitrogens with one attached hydrogen (secondary N) is 1. The third-order valence-corrected chi connectivity index (χ3v) is 6.05. The molecule has 3 rings (SSSR count). The zero-order chi connectivity index (χ0) is 17.3. The van der Waals surface area contributed by atoms with E-state index in [9.17, 15) is 4.79 Å². The second-order valence-electron chi connectivity index (χ2n) is 6.03. The summed E-state index contributed by atoms with van der Waals surface area (Å²) in [6, 6.07) is 2.11. The van der Waals surface area contributed by atoms with Crippen molar-refractivity contribution in [2.24, 2.45) is 0 Å². The van der Waals surface area contributed by atoms with Gasteiger partial charge in [-0.2, -0.15) is 0 Å². The molecule has 24 heavy (non-hydrogen) atoms. The number of hydrogen-bond acceptors (Lipinski definition) is 3. The van der Waals surface area contributed by atoms with Gasteiger partial charge in [0, 0.05) is 5.38 Å². The summed E-state index contributed by atoms with van der Waals surface area (Å²) >= 11 is 4.98. The SMILES string of the molecule is CCCc1c(CC)cc2c(c1CCC)NC(=O)c1csc(Br)c1O2. The highest BCUT2D eigenvalue weighted by Gasteiger charge is 2.28. The molecule has 0 spiro atoms. The largest absolute Gasteiger partial charge is 0.452 e. The molecule has 5 heteroatoms. The maximum atomic E-state index is 12.7. The van der Waals surface area contributed by atoms with Crippen molar-refractivity contribution < 1.29 is 9.53 Å². The van der Waals surface area contributed by atoms with Crippen molar-refractivity contribution >= 4 is 38.9 Å². The molecule has 1 aromatic heterocycles. The fourth-order valence-electron chi connectivity index (χ4n) is 3.30. The quantitative estimate of drug-likeness (QED) is 0.627. The predicted molar refractivity (Wildman–Crippen MR) is 104 cm³/mol. The van der Waals surface area contributed by atoms with Crippen LogP contribution in [-0.4, -0.2) is 5.91 Å². The molecule has 0 radical (unpaired) electrons. The Balaban J connectivity index is 2.21. The highest BCUT2D eigenvalue weighted by molar-refractivity contribution is 9.11. The lowest BCUT2D eigenvalue weighted by molar-refractivity contribution is 0.102. The van der Waals surface area contributed by atoms with Crippen molar-refractivity contribution in [3.8, 4) is 11.5 Å². The lowest BCUT2D eigenvalue weighted by Crippen LogP contribution is -2.13. The Labute approximate surface area is 155 Å². The average Bonchev–Trinajstić information content (AvgIpc) is 2.86. The van der Waals surface area contributed by atoms with Crippen LogP contribution in [0, 0.1) is 0 Å². The van der Waals surface area contributed by atoms with E-state index in [0.29, 0.717) is 11.3 Å². The van der Waals surface area contributed by atoms with Gasteiger partial charge >= 0.3 is 0 Å². The minimum atomic E-state index is -0.0882. The summed E-state index contributed by atoms with van der Waals surface area (Å²) in [7, 11) is 0. The first-order valence-corrected chi connectivity index (χ1v) is 10.2. The maximum Gasteiger partial charge on any atom is 0.260 e. The Morgan fingerprint density at radius 2 is 1.88 bits per heavy atom. The van der Waals surface area contributed by atoms with Gasteiger partial charge in [0.25, 0.3) is 5.91 Å². The van der Waals surface area contributed by atoms with Gasteiger partial charge in [0.05, 0.1) is 11.3 Å². The fourth-order valence-corrected chi connectivity index (χ4v) is 4.57. The van der Waals surface area contributed by atoms with Crippen LogP contribution in [0.25, 0.3) is 0 Å². The predicted octanol–water partition coefficient (Wildman–Crippen LogP) is 6.34. The molecule has 0 saturated carbocycles. The van der Waals surface area contributed by atoms with Crippen molar-refractivity contribution in [1.82, 2.24) is 0 Å². The van der Waals surface area contributed by atoms with Gasteiger partial charge < -0.3 is 10.1 Å². The number of aryl methyl sites for hydroxylation is 1. The van der Waals surface area contributed by atoms with E-state index >= 15 is 0 Å². The van der Waals surface area contributed by atoms with Crippen LogP contribution in [0.3, 0.4) is 0 Å². The molecule has 128 valence electrons. The lowest BCUT2D eigenvalue weighted by atomic mass is 9.91. The molecule has 0 fully saturated rings. The first-order chi connectivity index (χ1) is 11.6. The molecule has 1 aliphatic heterocycles. The molecular formula is C19H22BrNO2S. The normalized spacial score (nSPS) is 12.9. The van der Waals surface area contributed by atoms with Crippen molar-refractivity contribution in [3.05, 3.63) is 37.5 Å². The second-order valence-corrected chi connectivity index (χ2v) is 8.23. The summed E-state index contributed by atoms with van der Waals surface area (Å²) < 4.78 is 7.04. The highest BCUT2D eigenvalue weighted by Crippen LogP contribution is 2.46. The summed E-state index contributed by atoms with van der Waals surface area (Å²) in [6.07, 6.45) is 5.08. The Kier molecular flexibility index (Phi) is 5.30. The van der Waals surface area contributed by atoms with Crippen molar-refractivity contribution in [2.45, 2.75) is 52.9 Å². The van der Waals surface area contributed by atoms with Gasteiger partial charge in [0.2, 0.25) is 0 Å². The maximum absolute atomic E-state index is 12.7. The molecule has 0 saturated heterocycles. The van der Waals surface area contributed by atoms with E-state index in [1.54, 1.807) is 0 Å². The van der Waals surface area contributed by atoms with Gasteiger partial charge in [-0.3, -0.25) is 4.79 Å². The average molecular weight is 408 g/mol. The molecule has 1 aliphatic rings. The molecule has 0 aliphatic carbocycles. The van der Waals surface area contributed by atoms with Gasteiger partial charge in [-0.1, -0.05) is 33.6 Å². The van der Waals surface area contributed by atoms with Crippen LogP contribution in [0.1, 0.15) is 60.7 Å². The molecule has 0 unspecified atom stereocenters. The Morgan fingerprint density at radius 3 is 2.54 bits per heavy atom. The Hall–Kier alpha value is -1.33. The van der Waals surface area contributed by atoms with E-state index in [0.717, 1.165) is 47.3 Å². The van der Waals surface area contributed by atoms with Gasteiger partial charge in [-0.15, -0.1) is 11.3 Å². The third kappa shape index (κ3) is 3.00. The number of amides is 1. The van der Waals surface area contributed by atoms with E-state index < -0.39 is 0 Å². The summed E-state index contributed by atoms with van der Waals surface area (Å²) in [6.45, 7) is 6.55. The van der Waals surface area contributed by atoms with Crippen LogP contribution in [0.15, 0.2) is 15.2 Å². The van der Waals surface area contributed by atoms with Crippen molar-refractivity contribution in [2.75, 3.05) is 5.32 Å². The third-order valence-electron chi connectivity index (χ3n) is 4.38. The van der Waals surface area contributed by atoms with Crippen molar-refractivity contribution in [3.63, 3.8) is 0 Å². The first kappa shape index (κ1) is 17.5. The Morgan fingerprint density at radius 1 is 1.17 bits per heavy atom. The zero-order valence-electron chi connectivity index (χ0n) is 14.3. The van der Waals surface area contributed by atoms with Crippen LogP contribution in [0.5, 0.6) is 11.5 Å². The second kappa shape index (κ2) is 7.28. The summed E-state index contributed by atoms with van der Waals surface area (Å²) in [5.41, 5.74) is 5.40. The zero-order valence-corrected chi connectivity index (χ0v) is 16.7. The first-order valence-electron chi connectivity index (χ1n) is 8.54. The number of halogens is 1. The standard InChI is InChI=1S/C19H22BrNO2S/c1-4-7-12-11(6-3)9-15-16(13(12)8-5-2)21-19(22)14-10-24-18(20)17(14)23-15/h9-10H,4-8H2,1-3H3,(H,21,22). The van der Waals surface area contributed by atoms with Crippen molar-refractivity contribution in [1.29, 1.82) is 0 Å². The number of carbonyl (C=O) groups is 1. The summed E-state index contributed by atoms with van der Waals surface area (Å²) in [4.78, 5) is 12.7. The van der Waals surface area contributed by atoms with Gasteiger partial charge in [0.1, 0.15) is 3.79 Å². The molecule has 2 aromatic rings. The number of hydrogen-bond donors (Lipinski definition) is 1. The summed E-state index contributed by atoms with van der Waals surface area (Å²) in [5, 5.41) is 4.96. The Bertz CT molecular complexity index is 782. The summed E-state index contributed by atoms with van der Waals surface area (Å²) in [5.74, 6) is 1.31.